The van der Waals surface area contributed by atoms with E-state index in [1.165, 1.54) is 10.4 Å². The molecule has 0 fully saturated rings. The Hall–Kier alpha value is -1.65. The first kappa shape index (κ1) is 16.7. The van der Waals surface area contributed by atoms with Gasteiger partial charge in [0, 0.05) is 24.0 Å². The van der Waals surface area contributed by atoms with Crippen molar-refractivity contribution in [1.29, 1.82) is 0 Å². The maximum Gasteiger partial charge on any atom is 0.237 e. The monoisotopic (exact) mass is 316 g/mol. The molecule has 1 aromatic carbocycles. The zero-order valence-corrected chi connectivity index (χ0v) is 14.3. The molecule has 0 N–H and O–H groups in total. The molecule has 2 rings (SSSR count). The Kier molecular flexibility index (Phi) is 6.16. The van der Waals surface area contributed by atoms with Crippen LogP contribution >= 0.6 is 11.3 Å². The van der Waals surface area contributed by atoms with Crippen molar-refractivity contribution in [2.75, 3.05) is 20.1 Å². The van der Waals surface area contributed by atoms with Crippen LogP contribution in [0.4, 0.5) is 0 Å². The predicted octanol–water partition coefficient (Wildman–Crippen LogP) is 3.79. The van der Waals surface area contributed by atoms with Crippen LogP contribution in [0.2, 0.25) is 0 Å². The molecule has 3 nitrogen and oxygen atoms in total. The molecule has 22 heavy (non-hydrogen) atoms. The fourth-order valence-electron chi connectivity index (χ4n) is 2.38. The molecule has 1 aromatic heterocycles. The summed E-state index contributed by atoms with van der Waals surface area (Å²) in [6, 6.07) is 14.6. The lowest BCUT2D eigenvalue weighted by atomic mass is 10.2. The first-order valence-electron chi connectivity index (χ1n) is 7.67. The Labute approximate surface area is 137 Å². The Balaban J connectivity index is 1.94. The maximum atomic E-state index is 12.6. The molecular formula is C18H24N2OS. The average Bonchev–Trinajstić information content (AvgIpc) is 3.07. The van der Waals surface area contributed by atoms with E-state index in [-0.39, 0.29) is 11.9 Å². The van der Waals surface area contributed by atoms with Crippen LogP contribution in [-0.4, -0.2) is 35.8 Å². The van der Waals surface area contributed by atoms with Gasteiger partial charge in [-0.3, -0.25) is 9.69 Å². The third-order valence-electron chi connectivity index (χ3n) is 3.95. The van der Waals surface area contributed by atoms with Crippen LogP contribution in [0.15, 0.2) is 47.8 Å². The molecule has 1 amide bonds. The van der Waals surface area contributed by atoms with Gasteiger partial charge in [0.25, 0.3) is 0 Å². The van der Waals surface area contributed by atoms with E-state index in [2.05, 4.69) is 41.5 Å². The number of carbonyl (C=O) groups is 1. The van der Waals surface area contributed by atoms with Crippen molar-refractivity contribution in [3.05, 3.63) is 58.3 Å². The van der Waals surface area contributed by atoms with Crippen LogP contribution in [0.3, 0.4) is 0 Å². The highest BCUT2D eigenvalue weighted by molar-refractivity contribution is 7.10. The predicted molar refractivity (Wildman–Crippen MR) is 92.9 cm³/mol. The summed E-state index contributed by atoms with van der Waals surface area (Å²) in [6.07, 6.45) is 0. The lowest BCUT2D eigenvalue weighted by Crippen LogP contribution is -2.39. The van der Waals surface area contributed by atoms with Gasteiger partial charge in [-0.1, -0.05) is 36.4 Å². The van der Waals surface area contributed by atoms with Crippen molar-refractivity contribution >= 4 is 17.2 Å². The zero-order valence-electron chi connectivity index (χ0n) is 13.5. The highest BCUT2D eigenvalue weighted by atomic mass is 32.1. The minimum absolute atomic E-state index is 0.178. The van der Waals surface area contributed by atoms with Crippen molar-refractivity contribution in [2.24, 2.45) is 0 Å². The topological polar surface area (TPSA) is 23.6 Å². The number of thiophene rings is 1. The molecule has 0 spiro atoms. The Morgan fingerprint density at radius 2 is 1.91 bits per heavy atom. The van der Waals surface area contributed by atoms with E-state index in [0.717, 1.165) is 6.54 Å². The Morgan fingerprint density at radius 3 is 2.50 bits per heavy atom. The molecule has 0 bridgehead atoms. The van der Waals surface area contributed by atoms with Gasteiger partial charge in [-0.2, -0.15) is 0 Å². The van der Waals surface area contributed by atoms with Crippen LogP contribution in [0.1, 0.15) is 30.3 Å². The maximum absolute atomic E-state index is 12.6. The van der Waals surface area contributed by atoms with Crippen molar-refractivity contribution in [1.82, 2.24) is 9.80 Å². The van der Waals surface area contributed by atoms with Crippen molar-refractivity contribution < 1.29 is 4.79 Å². The summed E-state index contributed by atoms with van der Waals surface area (Å²) < 4.78 is 0. The van der Waals surface area contributed by atoms with Gasteiger partial charge in [0.1, 0.15) is 0 Å². The molecule has 0 aliphatic rings. The second-order valence-corrected chi connectivity index (χ2v) is 6.48. The number of carbonyl (C=O) groups excluding carboxylic acids is 1. The average molecular weight is 316 g/mol. The van der Waals surface area contributed by atoms with E-state index in [1.807, 2.05) is 37.1 Å². The lowest BCUT2D eigenvalue weighted by molar-refractivity contribution is -0.133. The summed E-state index contributed by atoms with van der Waals surface area (Å²) in [5, 5.41) is 2.08. The molecule has 0 aliphatic heterocycles. The normalized spacial score (nSPS) is 12.4. The fourth-order valence-corrected chi connectivity index (χ4v) is 3.22. The van der Waals surface area contributed by atoms with Crippen LogP contribution in [-0.2, 0) is 11.3 Å². The molecule has 0 aliphatic carbocycles. The number of hydrogen-bond acceptors (Lipinski definition) is 3. The summed E-state index contributed by atoms with van der Waals surface area (Å²) in [6.45, 7) is 6.03. The molecule has 1 unspecified atom stereocenters. The van der Waals surface area contributed by atoms with E-state index in [9.17, 15) is 4.79 Å². The minimum Gasteiger partial charge on any atom is -0.338 e. The Morgan fingerprint density at radius 1 is 1.18 bits per heavy atom. The smallest absolute Gasteiger partial charge is 0.237 e. The van der Waals surface area contributed by atoms with Gasteiger partial charge in [-0.25, -0.2) is 0 Å². The molecular weight excluding hydrogens is 292 g/mol. The largest absolute Gasteiger partial charge is 0.338 e. The van der Waals surface area contributed by atoms with Gasteiger partial charge in [-0.05, 0) is 37.9 Å². The molecule has 0 saturated heterocycles. The number of likely N-dealkylation sites (N-methyl/N-ethyl adjacent to an activating group) is 2. The standard InChI is InChI=1S/C18H24N2OS/c1-4-20(13-16-9-6-5-7-10-16)18(21)14-19(3)15(2)17-11-8-12-22-17/h5-12,15H,4,13-14H2,1-3H3. The van der Waals surface area contributed by atoms with Crippen molar-refractivity contribution in [2.45, 2.75) is 26.4 Å². The summed E-state index contributed by atoms with van der Waals surface area (Å²) >= 11 is 1.74. The number of benzene rings is 1. The summed E-state index contributed by atoms with van der Waals surface area (Å²) in [4.78, 5) is 17.9. The van der Waals surface area contributed by atoms with Crippen LogP contribution in [0, 0.1) is 0 Å². The summed E-state index contributed by atoms with van der Waals surface area (Å²) in [5.41, 5.74) is 1.17. The number of rotatable bonds is 7. The Bertz CT molecular complexity index is 568. The quantitative estimate of drug-likeness (QED) is 0.776. The zero-order chi connectivity index (χ0) is 15.9. The van der Waals surface area contributed by atoms with Crippen molar-refractivity contribution in [3.63, 3.8) is 0 Å². The van der Waals surface area contributed by atoms with Gasteiger partial charge in [-0.15, -0.1) is 11.3 Å². The number of amides is 1. The first-order valence-corrected chi connectivity index (χ1v) is 8.55. The van der Waals surface area contributed by atoms with Gasteiger partial charge >= 0.3 is 0 Å². The molecule has 118 valence electrons. The SMILES string of the molecule is CCN(Cc1ccccc1)C(=O)CN(C)C(C)c1cccs1. The summed E-state index contributed by atoms with van der Waals surface area (Å²) in [5.74, 6) is 0.178. The first-order chi connectivity index (χ1) is 10.6. The fraction of sp³-hybridized carbons (Fsp3) is 0.389. The van der Waals surface area contributed by atoms with Gasteiger partial charge < -0.3 is 4.90 Å². The second-order valence-electron chi connectivity index (χ2n) is 5.50. The summed E-state index contributed by atoms with van der Waals surface area (Å²) in [7, 11) is 2.01. The highest BCUT2D eigenvalue weighted by Gasteiger charge is 2.19. The van der Waals surface area contributed by atoms with E-state index in [4.69, 9.17) is 0 Å². The van der Waals surface area contributed by atoms with E-state index in [0.29, 0.717) is 13.1 Å². The number of nitrogens with zero attached hydrogens (tertiary/aromatic N) is 2. The molecule has 1 atom stereocenters. The molecule has 2 aromatic rings. The third-order valence-corrected chi connectivity index (χ3v) is 4.99. The van der Waals surface area contributed by atoms with Crippen LogP contribution in [0.25, 0.3) is 0 Å². The van der Waals surface area contributed by atoms with E-state index < -0.39 is 0 Å². The van der Waals surface area contributed by atoms with Crippen molar-refractivity contribution in [3.8, 4) is 0 Å². The highest BCUT2D eigenvalue weighted by Crippen LogP contribution is 2.23. The second kappa shape index (κ2) is 8.11. The molecule has 0 radical (unpaired) electrons. The molecule has 0 saturated carbocycles. The third kappa shape index (κ3) is 4.42. The van der Waals surface area contributed by atoms with E-state index in [1.54, 1.807) is 11.3 Å². The van der Waals surface area contributed by atoms with E-state index >= 15 is 0 Å². The van der Waals surface area contributed by atoms with Gasteiger partial charge in [0.2, 0.25) is 5.91 Å². The molecule has 4 heteroatoms. The number of hydrogen-bond donors (Lipinski definition) is 0. The lowest BCUT2D eigenvalue weighted by Gasteiger charge is -2.27. The van der Waals surface area contributed by atoms with Gasteiger partial charge in [0.05, 0.1) is 6.54 Å². The van der Waals surface area contributed by atoms with Gasteiger partial charge in [0.15, 0.2) is 0 Å². The molecule has 1 heterocycles. The van der Waals surface area contributed by atoms with Crippen LogP contribution < -0.4 is 0 Å². The van der Waals surface area contributed by atoms with Crippen LogP contribution in [0.5, 0.6) is 0 Å². The minimum atomic E-state index is 0.178.